The molecule has 5 nitrogen and oxygen atoms in total. The fraction of sp³-hybridized carbons (Fsp3) is 0.231. The highest BCUT2D eigenvalue weighted by Crippen LogP contribution is 2.26. The quantitative estimate of drug-likeness (QED) is 0.575. The zero-order chi connectivity index (χ0) is 14.5. The van der Waals surface area contributed by atoms with Gasteiger partial charge in [-0.3, -0.25) is 0 Å². The van der Waals surface area contributed by atoms with Crippen molar-refractivity contribution in [3.63, 3.8) is 0 Å². The van der Waals surface area contributed by atoms with Gasteiger partial charge in [0.15, 0.2) is 0 Å². The summed E-state index contributed by atoms with van der Waals surface area (Å²) in [5.41, 5.74) is 4.20. The summed E-state index contributed by atoms with van der Waals surface area (Å²) in [4.78, 5) is 8.32. The number of nitrogens with two attached hydrogens (primary N) is 1. The lowest BCUT2D eigenvalue weighted by atomic mass is 10.1. The molecule has 1 heterocycles. The number of rotatable bonds is 5. The molecule has 0 spiro atoms. The highest BCUT2D eigenvalue weighted by Gasteiger charge is 2.11. The smallest absolute Gasteiger partial charge is 0.148 e. The number of nitrogen functional groups attached to an aromatic ring is 1. The van der Waals surface area contributed by atoms with Gasteiger partial charge in [-0.05, 0) is 40.5 Å². The van der Waals surface area contributed by atoms with Crippen LogP contribution < -0.4 is 16.6 Å². The van der Waals surface area contributed by atoms with Gasteiger partial charge in [0, 0.05) is 11.3 Å². The summed E-state index contributed by atoms with van der Waals surface area (Å²) in [5, 5.41) is 3.16. The molecule has 0 unspecified atom stereocenters. The van der Waals surface area contributed by atoms with E-state index < -0.39 is 0 Å². The molecule has 0 radical (unpaired) electrons. The molecule has 4 N–H and O–H groups in total. The van der Waals surface area contributed by atoms with Crippen LogP contribution in [0.2, 0.25) is 0 Å². The summed E-state index contributed by atoms with van der Waals surface area (Å²) in [6, 6.07) is 4.69. The van der Waals surface area contributed by atoms with Gasteiger partial charge in [0.05, 0.1) is 4.47 Å². The highest BCUT2D eigenvalue weighted by molar-refractivity contribution is 9.10. The predicted molar refractivity (Wildman–Crippen MR) is 81.2 cm³/mol. The van der Waals surface area contributed by atoms with Crippen LogP contribution in [-0.2, 0) is 6.42 Å². The van der Waals surface area contributed by atoms with E-state index in [2.05, 4.69) is 43.6 Å². The second kappa shape index (κ2) is 6.62. The molecule has 2 rings (SSSR count). The predicted octanol–water partition coefficient (Wildman–Crippen LogP) is 3.36. The van der Waals surface area contributed by atoms with E-state index in [1.807, 2.05) is 0 Å². The molecule has 0 aliphatic carbocycles. The lowest BCUT2D eigenvalue weighted by Gasteiger charge is -2.13. The van der Waals surface area contributed by atoms with E-state index in [-0.39, 0.29) is 5.82 Å². The minimum atomic E-state index is -0.309. The van der Waals surface area contributed by atoms with Gasteiger partial charge in [-0.15, -0.1) is 0 Å². The number of hydrogen-bond donors (Lipinski definition) is 3. The van der Waals surface area contributed by atoms with Crippen molar-refractivity contribution in [3.05, 3.63) is 40.4 Å². The van der Waals surface area contributed by atoms with Gasteiger partial charge in [0.25, 0.3) is 0 Å². The first-order chi connectivity index (χ1) is 9.65. The number of halogens is 2. The molecule has 106 valence electrons. The van der Waals surface area contributed by atoms with Crippen molar-refractivity contribution >= 4 is 33.3 Å². The molecule has 0 aliphatic rings. The van der Waals surface area contributed by atoms with E-state index in [9.17, 15) is 4.39 Å². The van der Waals surface area contributed by atoms with Crippen molar-refractivity contribution in [2.24, 2.45) is 5.84 Å². The van der Waals surface area contributed by atoms with Crippen molar-refractivity contribution in [1.29, 1.82) is 0 Å². The summed E-state index contributed by atoms with van der Waals surface area (Å²) in [6.45, 7) is 2.06. The van der Waals surface area contributed by atoms with Crippen LogP contribution in [0.25, 0.3) is 0 Å². The van der Waals surface area contributed by atoms with Crippen LogP contribution in [0, 0.1) is 5.82 Å². The largest absolute Gasteiger partial charge is 0.340 e. The molecule has 20 heavy (non-hydrogen) atoms. The average Bonchev–Trinajstić information content (AvgIpc) is 2.45. The second-order valence-electron chi connectivity index (χ2n) is 4.20. The summed E-state index contributed by atoms with van der Waals surface area (Å²) < 4.78 is 13.6. The van der Waals surface area contributed by atoms with E-state index in [4.69, 9.17) is 5.84 Å². The van der Waals surface area contributed by atoms with Crippen molar-refractivity contribution in [1.82, 2.24) is 9.97 Å². The van der Waals surface area contributed by atoms with Crippen LogP contribution in [0.1, 0.15) is 18.9 Å². The minimum absolute atomic E-state index is 0.309. The number of nitrogens with one attached hydrogen (secondary N) is 2. The second-order valence-corrected chi connectivity index (χ2v) is 5.05. The maximum absolute atomic E-state index is 13.2. The molecular formula is C13H15BrFN5. The maximum atomic E-state index is 13.2. The highest BCUT2D eigenvalue weighted by atomic mass is 79.9. The molecule has 0 bridgehead atoms. The molecule has 1 aromatic heterocycles. The third-order valence-corrected chi connectivity index (χ3v) is 3.37. The molecule has 0 fully saturated rings. The average molecular weight is 340 g/mol. The van der Waals surface area contributed by atoms with Crippen LogP contribution in [0.15, 0.2) is 29.0 Å². The normalized spacial score (nSPS) is 10.4. The Bertz CT molecular complexity index is 605. The standard InChI is InChI=1S/C13H15BrFN5/c1-2-3-9-12(17-7-18-13(9)20-16)19-8-4-5-11(15)10(14)6-8/h4-7H,2-3,16H2,1H3,(H2,17,18,19,20). The van der Waals surface area contributed by atoms with Crippen molar-refractivity contribution in [3.8, 4) is 0 Å². The van der Waals surface area contributed by atoms with Gasteiger partial charge in [0.1, 0.15) is 23.8 Å². The van der Waals surface area contributed by atoms with Crippen LogP contribution in [0.4, 0.5) is 21.7 Å². The number of hydrogen-bond acceptors (Lipinski definition) is 5. The van der Waals surface area contributed by atoms with Crippen molar-refractivity contribution in [2.75, 3.05) is 10.7 Å². The fourth-order valence-corrected chi connectivity index (χ4v) is 2.22. The minimum Gasteiger partial charge on any atom is -0.340 e. The third kappa shape index (κ3) is 3.23. The Balaban J connectivity index is 2.34. The zero-order valence-corrected chi connectivity index (χ0v) is 12.5. The maximum Gasteiger partial charge on any atom is 0.148 e. The lowest BCUT2D eigenvalue weighted by molar-refractivity contribution is 0.621. The Morgan fingerprint density at radius 3 is 2.70 bits per heavy atom. The molecule has 0 saturated heterocycles. The van der Waals surface area contributed by atoms with Gasteiger partial charge < -0.3 is 10.7 Å². The zero-order valence-electron chi connectivity index (χ0n) is 11.0. The molecule has 2 aromatic rings. The number of nitrogens with zero attached hydrogens (tertiary/aromatic N) is 2. The Morgan fingerprint density at radius 2 is 2.05 bits per heavy atom. The van der Waals surface area contributed by atoms with E-state index in [1.165, 1.54) is 12.4 Å². The van der Waals surface area contributed by atoms with E-state index in [0.29, 0.717) is 16.1 Å². The SMILES string of the molecule is CCCc1c(NN)ncnc1Nc1ccc(F)c(Br)c1. The van der Waals surface area contributed by atoms with E-state index in [1.54, 1.807) is 12.1 Å². The topological polar surface area (TPSA) is 75.9 Å². The van der Waals surface area contributed by atoms with Crippen LogP contribution in [-0.4, -0.2) is 9.97 Å². The molecule has 1 aromatic carbocycles. The molecule has 0 aliphatic heterocycles. The Hall–Kier alpha value is -1.73. The summed E-state index contributed by atoms with van der Waals surface area (Å²) in [7, 11) is 0. The Labute approximate surface area is 124 Å². The Kier molecular flexibility index (Phi) is 4.86. The molecule has 7 heteroatoms. The van der Waals surface area contributed by atoms with Crippen LogP contribution in [0.5, 0.6) is 0 Å². The first-order valence-electron chi connectivity index (χ1n) is 6.18. The van der Waals surface area contributed by atoms with Gasteiger partial charge in [-0.1, -0.05) is 13.3 Å². The lowest BCUT2D eigenvalue weighted by Crippen LogP contribution is -2.13. The summed E-state index contributed by atoms with van der Waals surface area (Å²) in [5.74, 6) is 6.40. The first-order valence-corrected chi connectivity index (χ1v) is 6.97. The van der Waals surface area contributed by atoms with Gasteiger partial charge in [-0.25, -0.2) is 20.2 Å². The molecule has 0 atom stereocenters. The van der Waals surface area contributed by atoms with Gasteiger partial charge >= 0.3 is 0 Å². The van der Waals surface area contributed by atoms with Crippen molar-refractivity contribution in [2.45, 2.75) is 19.8 Å². The Morgan fingerprint density at radius 1 is 1.30 bits per heavy atom. The van der Waals surface area contributed by atoms with Crippen molar-refractivity contribution < 1.29 is 4.39 Å². The van der Waals surface area contributed by atoms with Gasteiger partial charge in [0.2, 0.25) is 0 Å². The fourth-order valence-electron chi connectivity index (χ4n) is 1.84. The summed E-state index contributed by atoms with van der Waals surface area (Å²) in [6.07, 6.45) is 3.14. The summed E-state index contributed by atoms with van der Waals surface area (Å²) >= 11 is 3.16. The van der Waals surface area contributed by atoms with Crippen LogP contribution in [0.3, 0.4) is 0 Å². The third-order valence-electron chi connectivity index (χ3n) is 2.76. The first kappa shape index (κ1) is 14.7. The number of hydrazine groups is 1. The molecule has 0 amide bonds. The molecular weight excluding hydrogens is 325 g/mol. The number of benzene rings is 1. The van der Waals surface area contributed by atoms with Crippen LogP contribution >= 0.6 is 15.9 Å². The molecule has 0 saturated carbocycles. The number of anilines is 3. The van der Waals surface area contributed by atoms with Gasteiger partial charge in [-0.2, -0.15) is 0 Å². The monoisotopic (exact) mass is 339 g/mol. The van der Waals surface area contributed by atoms with E-state index in [0.717, 1.165) is 24.1 Å². The number of aromatic nitrogens is 2. The van der Waals surface area contributed by atoms with E-state index >= 15 is 0 Å².